The molecular weight excluding hydrogens is 362 g/mol. The van der Waals surface area contributed by atoms with Gasteiger partial charge in [0.25, 0.3) is 0 Å². The SMILES string of the molecule is CCC=C[C@@H]1CC[C@H]2[C@H](CC[C@H]3C[C@H](c4cc(F)c(Cl)c(F)c4)CC[C@@H]32)C1. The highest BCUT2D eigenvalue weighted by Gasteiger charge is 2.44. The number of benzene rings is 1. The summed E-state index contributed by atoms with van der Waals surface area (Å²) in [6.45, 7) is 2.21. The Bertz CT molecular complexity index is 675. The van der Waals surface area contributed by atoms with Crippen LogP contribution in [0.2, 0.25) is 5.02 Å². The average molecular weight is 393 g/mol. The Labute approximate surface area is 167 Å². The first-order valence-electron chi connectivity index (χ1n) is 10.9. The van der Waals surface area contributed by atoms with Crippen LogP contribution in [0, 0.1) is 41.2 Å². The van der Waals surface area contributed by atoms with Crippen molar-refractivity contribution in [2.75, 3.05) is 0 Å². The van der Waals surface area contributed by atoms with Gasteiger partial charge in [-0.15, -0.1) is 0 Å². The fraction of sp³-hybridized carbons (Fsp3) is 0.667. The molecule has 0 spiro atoms. The van der Waals surface area contributed by atoms with Crippen LogP contribution in [0.3, 0.4) is 0 Å². The molecule has 0 unspecified atom stereocenters. The van der Waals surface area contributed by atoms with Crippen LogP contribution in [-0.4, -0.2) is 0 Å². The molecule has 0 aliphatic heterocycles. The van der Waals surface area contributed by atoms with E-state index in [1.807, 2.05) is 0 Å². The van der Waals surface area contributed by atoms with Crippen molar-refractivity contribution in [2.24, 2.45) is 29.6 Å². The molecule has 3 heteroatoms. The van der Waals surface area contributed by atoms with Crippen LogP contribution in [0.1, 0.15) is 76.2 Å². The molecule has 0 saturated heterocycles. The summed E-state index contributed by atoms with van der Waals surface area (Å²) in [4.78, 5) is 0. The minimum Gasteiger partial charge on any atom is -0.205 e. The van der Waals surface area contributed by atoms with E-state index in [4.69, 9.17) is 11.6 Å². The van der Waals surface area contributed by atoms with Gasteiger partial charge in [0.2, 0.25) is 0 Å². The van der Waals surface area contributed by atoms with E-state index in [1.54, 1.807) is 0 Å². The molecule has 0 radical (unpaired) electrons. The number of hydrogen-bond donors (Lipinski definition) is 0. The molecule has 0 aromatic heterocycles. The van der Waals surface area contributed by atoms with Gasteiger partial charge in [-0.1, -0.05) is 30.7 Å². The fourth-order valence-electron chi connectivity index (χ4n) is 6.45. The second kappa shape index (κ2) is 8.23. The Morgan fingerprint density at radius 2 is 1.56 bits per heavy atom. The molecule has 27 heavy (non-hydrogen) atoms. The standard InChI is InChI=1S/C24H31ClF2/c1-2-3-4-15-5-9-20-17(11-15)6-7-18-12-16(8-10-21(18)20)19-13-22(26)24(25)23(27)14-19/h3-4,13-18,20-21H,2,5-12H2,1H3/t15-,16-,17-,18+,20+,21+/m1/s1. The van der Waals surface area contributed by atoms with Gasteiger partial charge in [0, 0.05) is 0 Å². The molecular formula is C24H31ClF2. The summed E-state index contributed by atoms with van der Waals surface area (Å²) < 4.78 is 27.8. The Hall–Kier alpha value is -0.890. The van der Waals surface area contributed by atoms with Crippen molar-refractivity contribution in [3.8, 4) is 0 Å². The van der Waals surface area contributed by atoms with E-state index >= 15 is 0 Å². The van der Waals surface area contributed by atoms with Crippen LogP contribution in [-0.2, 0) is 0 Å². The average Bonchev–Trinajstić information content (AvgIpc) is 2.69. The van der Waals surface area contributed by atoms with Crippen LogP contribution >= 0.6 is 11.6 Å². The maximum absolute atomic E-state index is 13.9. The third-order valence-electron chi connectivity index (χ3n) is 7.70. The van der Waals surface area contributed by atoms with Crippen molar-refractivity contribution >= 4 is 11.6 Å². The number of allylic oxidation sites excluding steroid dienone is 2. The van der Waals surface area contributed by atoms with Gasteiger partial charge in [0.1, 0.15) is 16.7 Å². The summed E-state index contributed by atoms with van der Waals surface area (Å²) in [6, 6.07) is 2.93. The Kier molecular flexibility index (Phi) is 5.92. The highest BCUT2D eigenvalue weighted by molar-refractivity contribution is 6.30. The van der Waals surface area contributed by atoms with Gasteiger partial charge < -0.3 is 0 Å². The second-order valence-corrected chi connectivity index (χ2v) is 9.52. The molecule has 1 aromatic carbocycles. The monoisotopic (exact) mass is 392 g/mol. The first kappa shape index (κ1) is 19.4. The van der Waals surface area contributed by atoms with E-state index in [-0.39, 0.29) is 10.9 Å². The zero-order valence-corrected chi connectivity index (χ0v) is 17.0. The van der Waals surface area contributed by atoms with Crippen molar-refractivity contribution in [1.82, 2.24) is 0 Å². The lowest BCUT2D eigenvalue weighted by Gasteiger charge is -2.50. The van der Waals surface area contributed by atoms with Crippen LogP contribution in [0.25, 0.3) is 0 Å². The van der Waals surface area contributed by atoms with E-state index < -0.39 is 11.6 Å². The zero-order chi connectivity index (χ0) is 19.0. The van der Waals surface area contributed by atoms with Crippen LogP contribution in [0.5, 0.6) is 0 Å². The van der Waals surface area contributed by atoms with Crippen molar-refractivity contribution in [2.45, 2.75) is 70.6 Å². The summed E-state index contributed by atoms with van der Waals surface area (Å²) >= 11 is 5.66. The van der Waals surface area contributed by atoms with Crippen LogP contribution < -0.4 is 0 Å². The maximum atomic E-state index is 13.9. The number of fused-ring (bicyclic) bond motifs is 3. The number of hydrogen-bond acceptors (Lipinski definition) is 0. The zero-order valence-electron chi connectivity index (χ0n) is 16.3. The molecule has 0 heterocycles. The van der Waals surface area contributed by atoms with Gasteiger partial charge >= 0.3 is 0 Å². The van der Waals surface area contributed by atoms with Gasteiger partial charge in [-0.05, 0) is 111 Å². The van der Waals surface area contributed by atoms with E-state index in [1.165, 1.54) is 50.7 Å². The molecule has 148 valence electrons. The van der Waals surface area contributed by atoms with Crippen molar-refractivity contribution in [3.05, 3.63) is 46.5 Å². The maximum Gasteiger partial charge on any atom is 0.145 e. The molecule has 0 amide bonds. The van der Waals surface area contributed by atoms with E-state index in [0.717, 1.165) is 54.4 Å². The molecule has 4 rings (SSSR count). The van der Waals surface area contributed by atoms with Gasteiger partial charge in [0.05, 0.1) is 0 Å². The predicted octanol–water partition coefficient (Wildman–Crippen LogP) is 7.91. The molecule has 6 atom stereocenters. The van der Waals surface area contributed by atoms with Crippen LogP contribution in [0.15, 0.2) is 24.3 Å². The molecule has 3 aliphatic carbocycles. The highest BCUT2D eigenvalue weighted by atomic mass is 35.5. The minimum absolute atomic E-state index is 0.285. The number of rotatable bonds is 3. The predicted molar refractivity (Wildman–Crippen MR) is 108 cm³/mol. The molecule has 3 aliphatic rings. The third kappa shape index (κ3) is 3.97. The van der Waals surface area contributed by atoms with Crippen molar-refractivity contribution in [1.29, 1.82) is 0 Å². The molecule has 3 saturated carbocycles. The third-order valence-corrected chi connectivity index (χ3v) is 8.06. The summed E-state index contributed by atoms with van der Waals surface area (Å²) in [6.07, 6.45) is 16.1. The lowest BCUT2D eigenvalue weighted by Crippen LogP contribution is -2.41. The minimum atomic E-state index is -0.615. The number of halogens is 3. The normalized spacial score (nSPS) is 36.4. The molecule has 0 bridgehead atoms. The molecule has 0 N–H and O–H groups in total. The summed E-state index contributed by atoms with van der Waals surface area (Å²) in [5.41, 5.74) is 0.809. The molecule has 3 fully saturated rings. The van der Waals surface area contributed by atoms with Gasteiger partial charge in [0.15, 0.2) is 0 Å². The lowest BCUT2D eigenvalue weighted by molar-refractivity contribution is 0.0127. The topological polar surface area (TPSA) is 0 Å². The van der Waals surface area contributed by atoms with E-state index in [9.17, 15) is 8.78 Å². The molecule has 1 aromatic rings. The Morgan fingerprint density at radius 1 is 0.926 bits per heavy atom. The van der Waals surface area contributed by atoms with Crippen molar-refractivity contribution < 1.29 is 8.78 Å². The lowest BCUT2D eigenvalue weighted by atomic mass is 9.55. The van der Waals surface area contributed by atoms with Gasteiger partial charge in [-0.2, -0.15) is 0 Å². The fourth-order valence-corrected chi connectivity index (χ4v) is 6.56. The smallest absolute Gasteiger partial charge is 0.145 e. The quantitative estimate of drug-likeness (QED) is 0.362. The summed E-state index contributed by atoms with van der Waals surface area (Å²) in [5, 5.41) is -0.373. The first-order valence-corrected chi connectivity index (χ1v) is 11.3. The van der Waals surface area contributed by atoms with Crippen LogP contribution in [0.4, 0.5) is 8.78 Å². The first-order chi connectivity index (χ1) is 13.1. The van der Waals surface area contributed by atoms with E-state index in [2.05, 4.69) is 19.1 Å². The van der Waals surface area contributed by atoms with Crippen molar-refractivity contribution in [3.63, 3.8) is 0 Å². The Morgan fingerprint density at radius 3 is 2.22 bits per heavy atom. The summed E-state index contributed by atoms with van der Waals surface area (Å²) in [7, 11) is 0. The second-order valence-electron chi connectivity index (χ2n) is 9.14. The Balaban J connectivity index is 1.42. The summed E-state index contributed by atoms with van der Waals surface area (Å²) in [5.74, 6) is 3.19. The highest BCUT2D eigenvalue weighted by Crippen LogP contribution is 2.55. The van der Waals surface area contributed by atoms with E-state index in [0.29, 0.717) is 0 Å². The van der Waals surface area contributed by atoms with Gasteiger partial charge in [-0.25, -0.2) is 8.78 Å². The molecule has 0 nitrogen and oxygen atoms in total. The van der Waals surface area contributed by atoms with Gasteiger partial charge in [-0.3, -0.25) is 0 Å². The largest absolute Gasteiger partial charge is 0.205 e.